The van der Waals surface area contributed by atoms with Crippen LogP contribution in [0.25, 0.3) is 0 Å². The molecule has 0 rings (SSSR count). The Morgan fingerprint density at radius 1 is 0.235 bits per heavy atom. The number of rotatable bonds is 70. The third kappa shape index (κ3) is 68.8. The van der Waals surface area contributed by atoms with Crippen LogP contribution in [0.2, 0.25) is 0 Å². The van der Waals surface area contributed by atoms with Crippen LogP contribution < -0.4 is 0 Å². The fraction of sp³-hybridized carbons (Fsp3) is 0.933. The number of hydrogen-bond donors (Lipinski definition) is 0. The number of ether oxygens (including phenoxy) is 3. The van der Waals surface area contributed by atoms with E-state index in [-0.39, 0.29) is 31.1 Å². The molecule has 0 saturated carbocycles. The Bertz CT molecular complexity index is 1260. The minimum atomic E-state index is -0.769. The molecular weight excluding hydrogens is 997 g/mol. The van der Waals surface area contributed by atoms with E-state index in [4.69, 9.17) is 14.2 Å². The molecule has 0 amide bonds. The average molecular weight is 1140 g/mol. The molecule has 0 bridgehead atoms. The molecule has 81 heavy (non-hydrogen) atoms. The molecule has 0 aliphatic carbocycles. The maximum Gasteiger partial charge on any atom is 0.306 e. The van der Waals surface area contributed by atoms with E-state index in [1.165, 1.54) is 334 Å². The first-order valence-corrected chi connectivity index (χ1v) is 37.2. The Balaban J connectivity index is 4.25. The highest BCUT2D eigenvalue weighted by molar-refractivity contribution is 5.71. The molecule has 6 heteroatoms. The summed E-state index contributed by atoms with van der Waals surface area (Å²) >= 11 is 0. The van der Waals surface area contributed by atoms with Gasteiger partial charge in [-0.2, -0.15) is 0 Å². The van der Waals surface area contributed by atoms with Gasteiger partial charge in [-0.05, 0) is 44.9 Å². The van der Waals surface area contributed by atoms with Gasteiger partial charge < -0.3 is 14.2 Å². The van der Waals surface area contributed by atoms with Crippen molar-refractivity contribution >= 4 is 17.9 Å². The molecule has 0 fully saturated rings. The van der Waals surface area contributed by atoms with Crippen molar-refractivity contribution in [3.8, 4) is 0 Å². The lowest BCUT2D eigenvalue weighted by Crippen LogP contribution is -2.30. The molecule has 0 radical (unpaired) electrons. The van der Waals surface area contributed by atoms with Crippen molar-refractivity contribution in [3.05, 3.63) is 12.2 Å². The third-order valence-corrected chi connectivity index (χ3v) is 17.3. The van der Waals surface area contributed by atoms with E-state index in [2.05, 4.69) is 32.9 Å². The predicted octanol–water partition coefficient (Wildman–Crippen LogP) is 25.6. The summed E-state index contributed by atoms with van der Waals surface area (Å²) < 4.78 is 17.0. The Labute approximate surface area is 507 Å². The average Bonchev–Trinajstić information content (AvgIpc) is 3.47. The summed E-state index contributed by atoms with van der Waals surface area (Å²) in [6, 6.07) is 0. The maximum atomic E-state index is 13.0. The fourth-order valence-corrected chi connectivity index (χ4v) is 11.7. The highest BCUT2D eigenvalue weighted by Crippen LogP contribution is 2.19. The van der Waals surface area contributed by atoms with E-state index in [0.29, 0.717) is 19.3 Å². The van der Waals surface area contributed by atoms with Crippen LogP contribution in [0.15, 0.2) is 12.2 Å². The van der Waals surface area contributed by atoms with Crippen LogP contribution in [-0.2, 0) is 28.6 Å². The van der Waals surface area contributed by atoms with Crippen molar-refractivity contribution < 1.29 is 28.6 Å². The quantitative estimate of drug-likeness (QED) is 0.0261. The number of allylic oxidation sites excluding steroid dienone is 2. The van der Waals surface area contributed by atoms with Crippen LogP contribution in [-0.4, -0.2) is 37.2 Å². The Morgan fingerprint density at radius 3 is 0.617 bits per heavy atom. The number of carbonyl (C=O) groups is 3. The first-order valence-electron chi connectivity index (χ1n) is 37.2. The van der Waals surface area contributed by atoms with Crippen molar-refractivity contribution in [2.75, 3.05) is 13.2 Å². The number of unbranched alkanes of at least 4 members (excludes halogenated alkanes) is 57. The van der Waals surface area contributed by atoms with Gasteiger partial charge >= 0.3 is 17.9 Å². The third-order valence-electron chi connectivity index (χ3n) is 17.3. The van der Waals surface area contributed by atoms with Gasteiger partial charge in [0.15, 0.2) is 6.10 Å². The monoisotopic (exact) mass is 1140 g/mol. The molecule has 480 valence electrons. The minimum absolute atomic E-state index is 0.0640. The standard InChI is InChI=1S/C75H144O6/c1-4-7-10-13-16-19-22-25-28-31-34-36-37-38-39-40-42-44-47-50-53-56-59-62-65-68-74(77)80-71-72(70-79-73(76)67-64-61-58-55-52-49-46-43-33-30-27-24-21-18-15-12-9-6-3)81-75(78)69-66-63-60-57-54-51-48-45-41-35-32-29-26-23-20-17-14-11-8-5-2/h30,33,72H,4-29,31-32,34-71H2,1-3H3/b33-30-. The zero-order valence-corrected chi connectivity index (χ0v) is 55.4. The van der Waals surface area contributed by atoms with E-state index in [0.717, 1.165) is 57.8 Å². The summed E-state index contributed by atoms with van der Waals surface area (Å²) in [6.07, 6.45) is 85.4. The molecule has 0 aromatic carbocycles. The summed E-state index contributed by atoms with van der Waals surface area (Å²) in [6.45, 7) is 6.74. The molecule has 0 aliphatic rings. The summed E-state index contributed by atoms with van der Waals surface area (Å²) in [5, 5.41) is 0. The molecule has 0 saturated heterocycles. The maximum absolute atomic E-state index is 13.0. The van der Waals surface area contributed by atoms with E-state index in [1.807, 2.05) is 0 Å². The summed E-state index contributed by atoms with van der Waals surface area (Å²) in [7, 11) is 0. The van der Waals surface area contributed by atoms with Gasteiger partial charge in [0.25, 0.3) is 0 Å². The molecule has 1 atom stereocenters. The minimum Gasteiger partial charge on any atom is -0.462 e. The SMILES string of the molecule is CCCCCCCCC/C=C\CCCCCCCCCC(=O)OCC(COC(=O)CCCCCCCCCCCCCCCCCCCCCCCCCCC)OC(=O)CCCCCCCCCCCCCCCCCCCCCC. The van der Waals surface area contributed by atoms with Crippen LogP contribution in [0, 0.1) is 0 Å². The highest BCUT2D eigenvalue weighted by atomic mass is 16.6. The number of hydrogen-bond acceptors (Lipinski definition) is 6. The highest BCUT2D eigenvalue weighted by Gasteiger charge is 2.20. The lowest BCUT2D eigenvalue weighted by Gasteiger charge is -2.18. The molecule has 0 aromatic rings. The first-order chi connectivity index (χ1) is 40.0. The van der Waals surface area contributed by atoms with Crippen molar-refractivity contribution in [3.63, 3.8) is 0 Å². The van der Waals surface area contributed by atoms with E-state index in [1.54, 1.807) is 0 Å². The molecule has 0 aromatic heterocycles. The molecule has 0 aliphatic heterocycles. The molecule has 0 spiro atoms. The first kappa shape index (κ1) is 79.2. The van der Waals surface area contributed by atoms with Crippen LogP contribution >= 0.6 is 0 Å². The van der Waals surface area contributed by atoms with Gasteiger partial charge in [-0.3, -0.25) is 14.4 Å². The Morgan fingerprint density at radius 2 is 0.407 bits per heavy atom. The summed E-state index contributed by atoms with van der Waals surface area (Å²) in [5.41, 5.74) is 0. The predicted molar refractivity (Wildman–Crippen MR) is 353 cm³/mol. The lowest BCUT2D eigenvalue weighted by molar-refractivity contribution is -0.167. The zero-order chi connectivity index (χ0) is 58.5. The Kier molecular flexibility index (Phi) is 69.0. The van der Waals surface area contributed by atoms with Crippen LogP contribution in [0.5, 0.6) is 0 Å². The van der Waals surface area contributed by atoms with Gasteiger partial charge in [-0.1, -0.05) is 380 Å². The van der Waals surface area contributed by atoms with Gasteiger partial charge in [-0.25, -0.2) is 0 Å². The van der Waals surface area contributed by atoms with E-state index < -0.39 is 6.10 Å². The van der Waals surface area contributed by atoms with Crippen molar-refractivity contribution in [1.82, 2.24) is 0 Å². The fourth-order valence-electron chi connectivity index (χ4n) is 11.7. The number of esters is 3. The largest absolute Gasteiger partial charge is 0.462 e. The second-order valence-electron chi connectivity index (χ2n) is 25.6. The summed E-state index contributed by atoms with van der Waals surface area (Å²) in [5.74, 6) is -0.829. The Hall–Kier alpha value is -1.85. The summed E-state index contributed by atoms with van der Waals surface area (Å²) in [4.78, 5) is 38.5. The lowest BCUT2D eigenvalue weighted by atomic mass is 10.0. The van der Waals surface area contributed by atoms with Crippen LogP contribution in [0.4, 0.5) is 0 Å². The van der Waals surface area contributed by atoms with Gasteiger partial charge in [0, 0.05) is 19.3 Å². The van der Waals surface area contributed by atoms with Gasteiger partial charge in [0.1, 0.15) is 13.2 Å². The second-order valence-corrected chi connectivity index (χ2v) is 25.6. The van der Waals surface area contributed by atoms with Crippen LogP contribution in [0.1, 0.15) is 432 Å². The van der Waals surface area contributed by atoms with E-state index >= 15 is 0 Å². The molecule has 6 nitrogen and oxygen atoms in total. The van der Waals surface area contributed by atoms with Crippen molar-refractivity contribution in [1.29, 1.82) is 0 Å². The molecular formula is C75H144O6. The molecule has 0 heterocycles. The second kappa shape index (κ2) is 70.6. The van der Waals surface area contributed by atoms with Crippen molar-refractivity contribution in [2.24, 2.45) is 0 Å². The molecule has 1 unspecified atom stereocenters. The van der Waals surface area contributed by atoms with Crippen molar-refractivity contribution in [2.45, 2.75) is 438 Å². The molecule has 0 N–H and O–H groups in total. The van der Waals surface area contributed by atoms with Gasteiger partial charge in [0.05, 0.1) is 0 Å². The number of carbonyl (C=O) groups excluding carboxylic acids is 3. The van der Waals surface area contributed by atoms with Gasteiger partial charge in [-0.15, -0.1) is 0 Å². The zero-order valence-electron chi connectivity index (χ0n) is 55.4. The van der Waals surface area contributed by atoms with E-state index in [9.17, 15) is 14.4 Å². The normalized spacial score (nSPS) is 12.0. The van der Waals surface area contributed by atoms with Crippen LogP contribution in [0.3, 0.4) is 0 Å². The smallest absolute Gasteiger partial charge is 0.306 e. The van der Waals surface area contributed by atoms with Gasteiger partial charge in [0.2, 0.25) is 0 Å². The topological polar surface area (TPSA) is 78.9 Å².